The van der Waals surface area contributed by atoms with Crippen molar-refractivity contribution < 1.29 is 14.6 Å². The molecule has 76 valence electrons. The zero-order valence-electron chi connectivity index (χ0n) is 8.44. The first-order chi connectivity index (χ1) is 6.48. The number of ether oxygens (including phenoxy) is 1. The fourth-order valence-corrected chi connectivity index (χ4v) is 0.989. The molecule has 0 aliphatic carbocycles. The molecule has 0 aliphatic heterocycles. The van der Waals surface area contributed by atoms with E-state index in [1.807, 2.05) is 0 Å². The Hall–Kier alpha value is -1.58. The highest BCUT2D eigenvalue weighted by Gasteiger charge is 2.31. The topological polar surface area (TPSA) is 59.4 Å². The van der Waals surface area contributed by atoms with Crippen LogP contribution in [0.25, 0.3) is 0 Å². The van der Waals surface area contributed by atoms with Crippen molar-refractivity contribution in [3.63, 3.8) is 0 Å². The zero-order valence-corrected chi connectivity index (χ0v) is 8.44. The number of carboxylic acid groups (broad SMARTS) is 1. The van der Waals surface area contributed by atoms with Crippen LogP contribution in [0, 0.1) is 0 Å². The lowest BCUT2D eigenvalue weighted by Gasteiger charge is -2.18. The molecule has 4 nitrogen and oxygen atoms in total. The van der Waals surface area contributed by atoms with Gasteiger partial charge in [0.2, 0.25) is 0 Å². The number of carbonyl (C=O) groups is 1. The SMILES string of the molecule is COc1ccnc(C(C)(C)C(=O)O)c1. The molecule has 0 aliphatic rings. The van der Waals surface area contributed by atoms with E-state index in [0.29, 0.717) is 11.4 Å². The molecule has 0 bridgehead atoms. The van der Waals surface area contributed by atoms with E-state index in [1.165, 1.54) is 7.11 Å². The first-order valence-electron chi connectivity index (χ1n) is 4.22. The van der Waals surface area contributed by atoms with Crippen molar-refractivity contribution in [2.24, 2.45) is 0 Å². The average molecular weight is 195 g/mol. The maximum absolute atomic E-state index is 10.9. The zero-order chi connectivity index (χ0) is 10.8. The van der Waals surface area contributed by atoms with Crippen LogP contribution in [0.5, 0.6) is 5.75 Å². The number of hydrogen-bond acceptors (Lipinski definition) is 3. The molecule has 1 aromatic heterocycles. The highest BCUT2D eigenvalue weighted by molar-refractivity contribution is 5.79. The van der Waals surface area contributed by atoms with Crippen molar-refractivity contribution in [3.8, 4) is 5.75 Å². The van der Waals surface area contributed by atoms with E-state index in [2.05, 4.69) is 4.98 Å². The van der Waals surface area contributed by atoms with Gasteiger partial charge in [-0.15, -0.1) is 0 Å². The summed E-state index contributed by atoms with van der Waals surface area (Å²) in [5, 5.41) is 8.98. The van der Waals surface area contributed by atoms with Crippen molar-refractivity contribution in [2.45, 2.75) is 19.3 Å². The van der Waals surface area contributed by atoms with E-state index in [0.717, 1.165) is 0 Å². The molecule has 0 radical (unpaired) electrons. The van der Waals surface area contributed by atoms with Crippen LogP contribution in [-0.4, -0.2) is 23.2 Å². The fraction of sp³-hybridized carbons (Fsp3) is 0.400. The molecule has 0 unspecified atom stereocenters. The largest absolute Gasteiger partial charge is 0.497 e. The Labute approximate surface area is 82.5 Å². The predicted molar refractivity (Wildman–Crippen MR) is 51.5 cm³/mol. The van der Waals surface area contributed by atoms with Crippen molar-refractivity contribution in [2.75, 3.05) is 7.11 Å². The summed E-state index contributed by atoms with van der Waals surface area (Å²) < 4.78 is 5.00. The summed E-state index contributed by atoms with van der Waals surface area (Å²) in [7, 11) is 1.53. The predicted octanol–water partition coefficient (Wildman–Crippen LogP) is 1.45. The maximum Gasteiger partial charge on any atom is 0.315 e. The highest BCUT2D eigenvalue weighted by atomic mass is 16.5. The number of carboxylic acids is 1. The molecule has 14 heavy (non-hydrogen) atoms. The fourth-order valence-electron chi connectivity index (χ4n) is 0.989. The smallest absolute Gasteiger partial charge is 0.315 e. The molecule has 4 heteroatoms. The molecule has 1 rings (SSSR count). The van der Waals surface area contributed by atoms with E-state index >= 15 is 0 Å². The number of rotatable bonds is 3. The molecule has 0 saturated heterocycles. The number of pyridine rings is 1. The van der Waals surface area contributed by atoms with Gasteiger partial charge in [0.25, 0.3) is 0 Å². The highest BCUT2D eigenvalue weighted by Crippen LogP contribution is 2.24. The molecule has 0 amide bonds. The monoisotopic (exact) mass is 195 g/mol. The Morgan fingerprint density at radius 2 is 2.21 bits per heavy atom. The van der Waals surface area contributed by atoms with E-state index in [9.17, 15) is 4.79 Å². The van der Waals surface area contributed by atoms with Crippen LogP contribution < -0.4 is 4.74 Å². The first kappa shape index (κ1) is 10.5. The van der Waals surface area contributed by atoms with Gasteiger partial charge in [-0.2, -0.15) is 0 Å². The summed E-state index contributed by atoms with van der Waals surface area (Å²) in [5.41, 5.74) is -0.501. The van der Waals surface area contributed by atoms with Crippen molar-refractivity contribution in [1.29, 1.82) is 0 Å². The van der Waals surface area contributed by atoms with Crippen LogP contribution >= 0.6 is 0 Å². The van der Waals surface area contributed by atoms with Crippen molar-refractivity contribution in [1.82, 2.24) is 4.98 Å². The summed E-state index contributed by atoms with van der Waals surface area (Å²) in [6, 6.07) is 3.32. The summed E-state index contributed by atoms with van der Waals surface area (Å²) in [6.45, 7) is 3.22. The lowest BCUT2D eigenvalue weighted by atomic mass is 9.89. The molecule has 1 N–H and O–H groups in total. The second kappa shape index (κ2) is 3.65. The van der Waals surface area contributed by atoms with Crippen molar-refractivity contribution >= 4 is 5.97 Å². The number of aliphatic carboxylic acids is 1. The van der Waals surface area contributed by atoms with Gasteiger partial charge < -0.3 is 9.84 Å². The number of methoxy groups -OCH3 is 1. The molecular formula is C10H13NO3. The molecule has 0 atom stereocenters. The van der Waals surface area contributed by atoms with Crippen LogP contribution in [0.2, 0.25) is 0 Å². The first-order valence-corrected chi connectivity index (χ1v) is 4.22. The van der Waals surface area contributed by atoms with Gasteiger partial charge in [0.15, 0.2) is 0 Å². The Morgan fingerprint density at radius 1 is 1.57 bits per heavy atom. The van der Waals surface area contributed by atoms with E-state index < -0.39 is 11.4 Å². The van der Waals surface area contributed by atoms with Crippen LogP contribution in [0.1, 0.15) is 19.5 Å². The van der Waals surface area contributed by atoms with Gasteiger partial charge in [-0.25, -0.2) is 0 Å². The molecule has 0 fully saturated rings. The third kappa shape index (κ3) is 1.84. The molecule has 0 aromatic carbocycles. The Kier molecular flexibility index (Phi) is 2.74. The minimum atomic E-state index is -0.992. The summed E-state index contributed by atoms with van der Waals surface area (Å²) in [6.07, 6.45) is 1.54. The normalized spacial score (nSPS) is 11.1. The Bertz CT molecular complexity index is 347. The van der Waals surface area contributed by atoms with Gasteiger partial charge in [-0.1, -0.05) is 0 Å². The molecule has 0 saturated carbocycles. The van der Waals surface area contributed by atoms with E-state index in [1.54, 1.807) is 32.2 Å². The molecular weight excluding hydrogens is 182 g/mol. The standard InChI is InChI=1S/C10H13NO3/c1-10(2,9(12)13)8-6-7(14-3)4-5-11-8/h4-6H,1-3H3,(H,12,13). The minimum absolute atomic E-state index is 0.490. The van der Waals surface area contributed by atoms with Crippen molar-refractivity contribution in [3.05, 3.63) is 24.0 Å². The summed E-state index contributed by atoms with van der Waals surface area (Å²) in [4.78, 5) is 15.0. The van der Waals surface area contributed by atoms with Gasteiger partial charge >= 0.3 is 5.97 Å². The van der Waals surface area contributed by atoms with Gasteiger partial charge in [-0.05, 0) is 19.9 Å². The number of aromatic nitrogens is 1. The lowest BCUT2D eigenvalue weighted by molar-refractivity contribution is -0.142. The van der Waals surface area contributed by atoms with E-state index in [-0.39, 0.29) is 0 Å². The van der Waals surface area contributed by atoms with Gasteiger partial charge in [0.1, 0.15) is 11.2 Å². The summed E-state index contributed by atoms with van der Waals surface area (Å²) in [5.74, 6) is -0.289. The number of hydrogen-bond donors (Lipinski definition) is 1. The Balaban J connectivity index is 3.12. The quantitative estimate of drug-likeness (QED) is 0.793. The number of nitrogens with zero attached hydrogens (tertiary/aromatic N) is 1. The maximum atomic E-state index is 10.9. The van der Waals surface area contributed by atoms with Crippen LogP contribution in [0.4, 0.5) is 0 Å². The van der Waals surface area contributed by atoms with E-state index in [4.69, 9.17) is 9.84 Å². The van der Waals surface area contributed by atoms with Gasteiger partial charge in [0, 0.05) is 12.3 Å². The minimum Gasteiger partial charge on any atom is -0.497 e. The second-order valence-electron chi connectivity index (χ2n) is 3.51. The molecule has 0 spiro atoms. The summed E-state index contributed by atoms with van der Waals surface area (Å²) >= 11 is 0. The second-order valence-corrected chi connectivity index (χ2v) is 3.51. The third-order valence-corrected chi connectivity index (χ3v) is 2.14. The van der Waals surface area contributed by atoms with Crippen LogP contribution in [0.3, 0.4) is 0 Å². The third-order valence-electron chi connectivity index (χ3n) is 2.14. The van der Waals surface area contributed by atoms with Crippen LogP contribution in [-0.2, 0) is 10.2 Å². The molecule has 1 heterocycles. The van der Waals surface area contributed by atoms with Crippen LogP contribution in [0.15, 0.2) is 18.3 Å². The lowest BCUT2D eigenvalue weighted by Crippen LogP contribution is -2.29. The Morgan fingerprint density at radius 3 is 2.71 bits per heavy atom. The average Bonchev–Trinajstić information content (AvgIpc) is 2.17. The van der Waals surface area contributed by atoms with Gasteiger partial charge in [0.05, 0.1) is 12.8 Å². The van der Waals surface area contributed by atoms with Gasteiger partial charge in [-0.3, -0.25) is 9.78 Å². The molecule has 1 aromatic rings.